The number of imidazole rings is 1. The third-order valence-corrected chi connectivity index (χ3v) is 2.43. The van der Waals surface area contributed by atoms with Gasteiger partial charge in [-0.2, -0.15) is 12.6 Å². The van der Waals surface area contributed by atoms with Crippen LogP contribution in [0.5, 0.6) is 0 Å². The maximum absolute atomic E-state index is 10.6. The van der Waals surface area contributed by atoms with E-state index in [9.17, 15) is 10.1 Å². The van der Waals surface area contributed by atoms with Gasteiger partial charge in [0.15, 0.2) is 5.25 Å². The lowest BCUT2D eigenvalue weighted by atomic mass is 10.4. The van der Waals surface area contributed by atoms with Crippen LogP contribution in [0.3, 0.4) is 0 Å². The fourth-order valence-corrected chi connectivity index (χ4v) is 1.53. The molecule has 0 N–H and O–H groups in total. The normalized spacial score (nSPS) is 12.6. The first-order chi connectivity index (χ1) is 7.61. The molecule has 2 rings (SSSR count). The molecule has 0 saturated heterocycles. The fraction of sp³-hybridized carbons (Fsp3) is 0.333. The SMILES string of the molecule is Cn1c([N+](=O)[O-])cnc1C(S)c1nnno1. The highest BCUT2D eigenvalue weighted by atomic mass is 32.1. The standard InChI is InChI=1S/C6H6N6O3S/c1-11-3(12(13)14)2-7-5(11)4(16)6-8-9-10-15-6/h2,4,16H,1H3. The average molecular weight is 242 g/mol. The third-order valence-electron chi connectivity index (χ3n) is 1.98. The number of aromatic nitrogens is 5. The van der Waals surface area contributed by atoms with Gasteiger partial charge < -0.3 is 14.6 Å². The summed E-state index contributed by atoms with van der Waals surface area (Å²) in [6, 6.07) is 0. The van der Waals surface area contributed by atoms with Gasteiger partial charge in [0.05, 0.1) is 12.3 Å². The summed E-state index contributed by atoms with van der Waals surface area (Å²) in [5.74, 6) is 0.328. The third kappa shape index (κ3) is 1.62. The van der Waals surface area contributed by atoms with E-state index in [2.05, 4.69) is 33.2 Å². The lowest BCUT2D eigenvalue weighted by molar-refractivity contribution is -0.391. The van der Waals surface area contributed by atoms with Crippen molar-refractivity contribution in [3.63, 3.8) is 0 Å². The van der Waals surface area contributed by atoms with E-state index in [4.69, 9.17) is 4.52 Å². The van der Waals surface area contributed by atoms with Crippen LogP contribution in [0, 0.1) is 10.1 Å². The van der Waals surface area contributed by atoms with Gasteiger partial charge in [-0.15, -0.1) is 0 Å². The average Bonchev–Trinajstić information content (AvgIpc) is 2.84. The lowest BCUT2D eigenvalue weighted by Gasteiger charge is -2.01. The summed E-state index contributed by atoms with van der Waals surface area (Å²) in [5.41, 5.74) is 0. The van der Waals surface area contributed by atoms with Gasteiger partial charge in [-0.3, -0.25) is 0 Å². The molecule has 0 bridgehead atoms. The van der Waals surface area contributed by atoms with Crippen LogP contribution >= 0.6 is 12.6 Å². The van der Waals surface area contributed by atoms with Crippen LogP contribution in [0.1, 0.15) is 17.0 Å². The molecular weight excluding hydrogens is 236 g/mol. The molecule has 2 aromatic rings. The second kappa shape index (κ2) is 3.89. The Balaban J connectivity index is 2.38. The minimum atomic E-state index is -0.645. The molecule has 2 heterocycles. The number of nitrogens with zero attached hydrogens (tertiary/aromatic N) is 6. The Morgan fingerprint density at radius 3 is 2.94 bits per heavy atom. The molecule has 9 nitrogen and oxygen atoms in total. The Bertz CT molecular complexity index is 508. The highest BCUT2D eigenvalue weighted by Crippen LogP contribution is 2.27. The molecule has 1 atom stereocenters. The molecule has 2 aromatic heterocycles. The number of hydrogen-bond donors (Lipinski definition) is 1. The molecule has 0 aliphatic carbocycles. The number of rotatable bonds is 3. The van der Waals surface area contributed by atoms with E-state index in [1.54, 1.807) is 0 Å². The smallest absolute Gasteiger partial charge is 0.342 e. The Morgan fingerprint density at radius 2 is 2.44 bits per heavy atom. The van der Waals surface area contributed by atoms with Gasteiger partial charge in [0.2, 0.25) is 5.82 Å². The predicted octanol–water partition coefficient (Wildman–Crippen LogP) is 0.125. The number of thiol groups is 1. The molecule has 0 fully saturated rings. The highest BCUT2D eigenvalue weighted by molar-refractivity contribution is 7.80. The van der Waals surface area contributed by atoms with Crippen molar-refractivity contribution in [3.8, 4) is 0 Å². The van der Waals surface area contributed by atoms with E-state index in [0.717, 1.165) is 6.20 Å². The molecular formula is C6H6N6O3S. The van der Waals surface area contributed by atoms with Gasteiger partial charge in [-0.05, 0) is 10.1 Å². The van der Waals surface area contributed by atoms with Gasteiger partial charge in [0, 0.05) is 0 Å². The molecule has 0 radical (unpaired) electrons. The summed E-state index contributed by atoms with van der Waals surface area (Å²) >= 11 is 4.18. The zero-order valence-electron chi connectivity index (χ0n) is 8.01. The maximum Gasteiger partial charge on any atom is 0.342 e. The van der Waals surface area contributed by atoms with Crippen molar-refractivity contribution >= 4 is 18.4 Å². The van der Waals surface area contributed by atoms with Gasteiger partial charge in [-0.25, -0.2) is 9.55 Å². The Morgan fingerprint density at radius 1 is 1.69 bits per heavy atom. The van der Waals surface area contributed by atoms with Crippen molar-refractivity contribution in [1.82, 2.24) is 25.1 Å². The van der Waals surface area contributed by atoms with E-state index in [0.29, 0.717) is 5.82 Å². The first-order valence-electron chi connectivity index (χ1n) is 4.10. The van der Waals surface area contributed by atoms with Crippen LogP contribution in [0.15, 0.2) is 10.7 Å². The minimum Gasteiger partial charge on any atom is -0.358 e. The second-order valence-electron chi connectivity index (χ2n) is 2.89. The first-order valence-corrected chi connectivity index (χ1v) is 4.62. The number of nitro groups is 1. The molecule has 0 spiro atoms. The largest absolute Gasteiger partial charge is 0.358 e. The van der Waals surface area contributed by atoms with Gasteiger partial charge >= 0.3 is 5.82 Å². The van der Waals surface area contributed by atoms with Crippen molar-refractivity contribution in [2.45, 2.75) is 5.25 Å². The summed E-state index contributed by atoms with van der Waals surface area (Å²) in [6.07, 6.45) is 1.14. The molecule has 0 amide bonds. The van der Waals surface area contributed by atoms with Crippen LogP contribution in [-0.2, 0) is 7.05 Å². The quantitative estimate of drug-likeness (QED) is 0.462. The van der Waals surface area contributed by atoms with E-state index in [1.165, 1.54) is 11.6 Å². The summed E-state index contributed by atoms with van der Waals surface area (Å²) < 4.78 is 6.00. The first kappa shape index (κ1) is 10.5. The molecule has 0 saturated carbocycles. The van der Waals surface area contributed by atoms with Gasteiger partial charge in [0.1, 0.15) is 6.20 Å². The summed E-state index contributed by atoms with van der Waals surface area (Å²) in [6.45, 7) is 0. The monoisotopic (exact) mass is 242 g/mol. The summed E-state index contributed by atoms with van der Waals surface area (Å²) in [5, 5.41) is 20.0. The zero-order chi connectivity index (χ0) is 11.7. The molecule has 0 aromatic carbocycles. The Hall–Kier alpha value is -1.97. The molecule has 16 heavy (non-hydrogen) atoms. The lowest BCUT2D eigenvalue weighted by Crippen LogP contribution is -2.05. The number of hydrogen-bond acceptors (Lipinski definition) is 8. The van der Waals surface area contributed by atoms with Crippen molar-refractivity contribution in [3.05, 3.63) is 28.0 Å². The van der Waals surface area contributed by atoms with Crippen molar-refractivity contribution in [2.24, 2.45) is 7.05 Å². The van der Waals surface area contributed by atoms with E-state index in [-0.39, 0.29) is 11.7 Å². The Kier molecular flexibility index (Phi) is 2.56. The summed E-state index contributed by atoms with van der Waals surface area (Å²) in [4.78, 5) is 13.9. The van der Waals surface area contributed by atoms with Crippen LogP contribution in [0.25, 0.3) is 0 Å². The van der Waals surface area contributed by atoms with E-state index >= 15 is 0 Å². The van der Waals surface area contributed by atoms with Crippen LogP contribution in [0.4, 0.5) is 5.82 Å². The molecule has 10 heteroatoms. The maximum atomic E-state index is 10.6. The van der Waals surface area contributed by atoms with E-state index in [1.807, 2.05) is 0 Å². The van der Waals surface area contributed by atoms with Crippen molar-refractivity contribution < 1.29 is 9.45 Å². The predicted molar refractivity (Wildman–Crippen MR) is 52.8 cm³/mol. The molecule has 84 valence electrons. The Labute approximate surface area is 94.0 Å². The van der Waals surface area contributed by atoms with Gasteiger partial charge in [0.25, 0.3) is 5.89 Å². The topological polar surface area (TPSA) is 113 Å². The molecule has 0 aliphatic rings. The highest BCUT2D eigenvalue weighted by Gasteiger charge is 2.27. The van der Waals surface area contributed by atoms with Crippen molar-refractivity contribution in [2.75, 3.05) is 0 Å². The van der Waals surface area contributed by atoms with E-state index < -0.39 is 10.2 Å². The zero-order valence-corrected chi connectivity index (χ0v) is 8.90. The van der Waals surface area contributed by atoms with Gasteiger partial charge in [-0.1, -0.05) is 5.10 Å². The van der Waals surface area contributed by atoms with Crippen molar-refractivity contribution in [1.29, 1.82) is 0 Å². The molecule has 0 aliphatic heterocycles. The van der Waals surface area contributed by atoms with Crippen LogP contribution in [0.2, 0.25) is 0 Å². The minimum absolute atomic E-state index is 0.131. The van der Waals surface area contributed by atoms with Crippen LogP contribution < -0.4 is 0 Å². The second-order valence-corrected chi connectivity index (χ2v) is 3.41. The summed E-state index contributed by atoms with van der Waals surface area (Å²) in [7, 11) is 1.51. The molecule has 1 unspecified atom stereocenters. The fourth-order valence-electron chi connectivity index (χ4n) is 1.19. The van der Waals surface area contributed by atoms with Crippen LogP contribution in [-0.4, -0.2) is 30.1 Å².